The Hall–Kier alpha value is -1.57. The first kappa shape index (κ1) is 13.5. The normalized spacial score (nSPS) is 11.2. The molecule has 0 atom stereocenters. The lowest BCUT2D eigenvalue weighted by Gasteiger charge is -2.04. The van der Waals surface area contributed by atoms with E-state index in [0.29, 0.717) is 12.1 Å². The SMILES string of the molecule is Cc1noc(C)c1S(=O)(=O)NCCCN=[N+]=[N-]. The molecule has 0 saturated heterocycles. The van der Waals surface area contributed by atoms with E-state index in [2.05, 4.69) is 19.9 Å². The molecule has 0 saturated carbocycles. The minimum Gasteiger partial charge on any atom is -0.360 e. The Labute approximate surface area is 98.7 Å². The third-order valence-corrected chi connectivity index (χ3v) is 3.73. The van der Waals surface area contributed by atoms with Crippen LogP contribution in [0.5, 0.6) is 0 Å². The van der Waals surface area contributed by atoms with Gasteiger partial charge in [-0.05, 0) is 25.8 Å². The molecule has 1 rings (SSSR count). The Morgan fingerprint density at radius 2 is 2.24 bits per heavy atom. The van der Waals surface area contributed by atoms with Crippen LogP contribution in [-0.2, 0) is 10.0 Å². The number of nitrogens with zero attached hydrogens (tertiary/aromatic N) is 4. The summed E-state index contributed by atoms with van der Waals surface area (Å²) in [5, 5.41) is 6.88. The molecule has 0 unspecified atom stereocenters. The number of aromatic nitrogens is 1. The molecule has 0 aliphatic rings. The number of hydrogen-bond acceptors (Lipinski definition) is 5. The summed E-state index contributed by atoms with van der Waals surface area (Å²) in [4.78, 5) is 2.64. The Morgan fingerprint density at radius 3 is 2.76 bits per heavy atom. The van der Waals surface area contributed by atoms with Gasteiger partial charge in [-0.1, -0.05) is 10.3 Å². The topological polar surface area (TPSA) is 121 Å². The zero-order valence-electron chi connectivity index (χ0n) is 9.54. The summed E-state index contributed by atoms with van der Waals surface area (Å²) in [6.45, 7) is 3.55. The predicted molar refractivity (Wildman–Crippen MR) is 59.8 cm³/mol. The van der Waals surface area contributed by atoms with Gasteiger partial charge in [-0.15, -0.1) is 0 Å². The number of aryl methyl sites for hydroxylation is 2. The van der Waals surface area contributed by atoms with E-state index in [1.807, 2.05) is 0 Å². The number of nitrogens with one attached hydrogen (secondary N) is 1. The molecule has 0 aliphatic carbocycles. The molecule has 17 heavy (non-hydrogen) atoms. The van der Waals surface area contributed by atoms with Gasteiger partial charge < -0.3 is 4.52 Å². The Balaban J connectivity index is 2.67. The van der Waals surface area contributed by atoms with Crippen LogP contribution in [0.25, 0.3) is 10.4 Å². The molecule has 0 fully saturated rings. The molecule has 1 N–H and O–H groups in total. The summed E-state index contributed by atoms with van der Waals surface area (Å²) in [5.41, 5.74) is 8.37. The quantitative estimate of drug-likeness (QED) is 0.357. The average molecular weight is 259 g/mol. The van der Waals surface area contributed by atoms with Crippen molar-refractivity contribution in [2.45, 2.75) is 25.2 Å². The first-order valence-corrected chi connectivity index (χ1v) is 6.40. The highest BCUT2D eigenvalue weighted by molar-refractivity contribution is 7.89. The minimum absolute atomic E-state index is 0.0706. The number of sulfonamides is 1. The van der Waals surface area contributed by atoms with E-state index in [9.17, 15) is 8.42 Å². The summed E-state index contributed by atoms with van der Waals surface area (Å²) in [6.07, 6.45) is 0.437. The second-order valence-corrected chi connectivity index (χ2v) is 5.06. The van der Waals surface area contributed by atoms with E-state index in [0.717, 1.165) is 0 Å². The van der Waals surface area contributed by atoms with Gasteiger partial charge in [0, 0.05) is 18.0 Å². The number of hydrogen-bond donors (Lipinski definition) is 1. The summed E-state index contributed by atoms with van der Waals surface area (Å²) in [7, 11) is -3.61. The fourth-order valence-corrected chi connectivity index (χ4v) is 2.73. The minimum atomic E-state index is -3.61. The molecule has 9 heteroatoms. The van der Waals surface area contributed by atoms with Crippen LogP contribution in [0.15, 0.2) is 14.5 Å². The van der Waals surface area contributed by atoms with Crippen LogP contribution in [0.1, 0.15) is 17.9 Å². The molecule has 0 aromatic carbocycles. The lowest BCUT2D eigenvalue weighted by Crippen LogP contribution is -2.26. The summed E-state index contributed by atoms with van der Waals surface area (Å²) < 4.78 is 30.9. The Kier molecular flexibility index (Phi) is 4.50. The van der Waals surface area contributed by atoms with Crippen LogP contribution < -0.4 is 4.72 Å². The van der Waals surface area contributed by atoms with Crippen molar-refractivity contribution in [3.05, 3.63) is 21.9 Å². The standard InChI is InChI=1S/C8H13N5O3S/c1-6-8(7(2)16-12-6)17(14,15)11-5-3-4-10-13-9/h11H,3-5H2,1-2H3. The zero-order valence-corrected chi connectivity index (χ0v) is 10.4. The van der Waals surface area contributed by atoms with E-state index >= 15 is 0 Å². The molecule has 1 aromatic rings. The van der Waals surface area contributed by atoms with Gasteiger partial charge in [0.25, 0.3) is 0 Å². The molecule has 0 radical (unpaired) electrons. The molecular weight excluding hydrogens is 246 g/mol. The number of azide groups is 1. The van der Waals surface area contributed by atoms with Crippen LogP contribution >= 0.6 is 0 Å². The van der Waals surface area contributed by atoms with Crippen molar-refractivity contribution >= 4 is 10.0 Å². The maximum absolute atomic E-state index is 11.9. The van der Waals surface area contributed by atoms with Crippen LogP contribution in [-0.4, -0.2) is 26.7 Å². The molecule has 0 amide bonds. The molecular formula is C8H13N5O3S. The van der Waals surface area contributed by atoms with Gasteiger partial charge >= 0.3 is 0 Å². The molecule has 0 bridgehead atoms. The van der Waals surface area contributed by atoms with Crippen molar-refractivity contribution < 1.29 is 12.9 Å². The van der Waals surface area contributed by atoms with Gasteiger partial charge in [-0.3, -0.25) is 0 Å². The molecule has 1 aromatic heterocycles. The van der Waals surface area contributed by atoms with Gasteiger partial charge in [0.15, 0.2) is 5.76 Å². The zero-order chi connectivity index (χ0) is 12.9. The van der Waals surface area contributed by atoms with Crippen molar-refractivity contribution in [2.24, 2.45) is 5.11 Å². The fourth-order valence-electron chi connectivity index (χ4n) is 1.33. The van der Waals surface area contributed by atoms with E-state index in [1.54, 1.807) is 6.92 Å². The number of rotatable bonds is 6. The van der Waals surface area contributed by atoms with Crippen LogP contribution in [0, 0.1) is 13.8 Å². The molecule has 8 nitrogen and oxygen atoms in total. The van der Waals surface area contributed by atoms with E-state index in [1.165, 1.54) is 6.92 Å². The van der Waals surface area contributed by atoms with Crippen molar-refractivity contribution in [1.29, 1.82) is 0 Å². The van der Waals surface area contributed by atoms with Crippen molar-refractivity contribution in [3.8, 4) is 0 Å². The first-order chi connectivity index (χ1) is 7.99. The first-order valence-electron chi connectivity index (χ1n) is 4.92. The maximum atomic E-state index is 11.9. The molecule has 94 valence electrons. The lowest BCUT2D eigenvalue weighted by atomic mass is 10.4. The highest BCUT2D eigenvalue weighted by Gasteiger charge is 2.23. The van der Waals surface area contributed by atoms with Crippen molar-refractivity contribution in [2.75, 3.05) is 13.1 Å². The van der Waals surface area contributed by atoms with Gasteiger partial charge in [0.2, 0.25) is 10.0 Å². The van der Waals surface area contributed by atoms with Gasteiger partial charge in [0.05, 0.1) is 0 Å². The smallest absolute Gasteiger partial charge is 0.245 e. The molecule has 1 heterocycles. The van der Waals surface area contributed by atoms with Crippen molar-refractivity contribution in [1.82, 2.24) is 9.88 Å². The second kappa shape index (κ2) is 5.67. The monoisotopic (exact) mass is 259 g/mol. The van der Waals surface area contributed by atoms with Crippen LogP contribution in [0.4, 0.5) is 0 Å². The Morgan fingerprint density at radius 1 is 1.53 bits per heavy atom. The predicted octanol–water partition coefficient (Wildman–Crippen LogP) is 1.27. The summed E-state index contributed by atoms with van der Waals surface area (Å²) in [5.74, 6) is 0.255. The van der Waals surface area contributed by atoms with Crippen LogP contribution in [0.3, 0.4) is 0 Å². The largest absolute Gasteiger partial charge is 0.360 e. The summed E-state index contributed by atoms with van der Waals surface area (Å²) >= 11 is 0. The van der Waals surface area contributed by atoms with Gasteiger partial charge in [0.1, 0.15) is 10.6 Å². The average Bonchev–Trinajstić information content (AvgIpc) is 2.58. The second-order valence-electron chi connectivity index (χ2n) is 3.36. The summed E-state index contributed by atoms with van der Waals surface area (Å²) in [6, 6.07) is 0. The van der Waals surface area contributed by atoms with E-state index in [4.69, 9.17) is 10.1 Å². The van der Waals surface area contributed by atoms with Gasteiger partial charge in [-0.2, -0.15) is 0 Å². The highest BCUT2D eigenvalue weighted by atomic mass is 32.2. The fraction of sp³-hybridized carbons (Fsp3) is 0.625. The Bertz CT molecular complexity index is 510. The maximum Gasteiger partial charge on any atom is 0.245 e. The molecule has 0 aliphatic heterocycles. The van der Waals surface area contributed by atoms with E-state index < -0.39 is 10.0 Å². The third-order valence-electron chi connectivity index (χ3n) is 2.03. The third kappa shape index (κ3) is 3.45. The van der Waals surface area contributed by atoms with E-state index in [-0.39, 0.29) is 23.7 Å². The van der Waals surface area contributed by atoms with Crippen molar-refractivity contribution in [3.63, 3.8) is 0 Å². The highest BCUT2D eigenvalue weighted by Crippen LogP contribution is 2.18. The molecule has 0 spiro atoms. The van der Waals surface area contributed by atoms with Gasteiger partial charge in [-0.25, -0.2) is 13.1 Å². The lowest BCUT2D eigenvalue weighted by molar-refractivity contribution is 0.390. The van der Waals surface area contributed by atoms with Crippen LogP contribution in [0.2, 0.25) is 0 Å².